The lowest BCUT2D eigenvalue weighted by Crippen LogP contribution is -1.94. The molecule has 0 N–H and O–H groups in total. The molecule has 0 atom stereocenters. The van der Waals surface area contributed by atoms with Crippen LogP contribution in [-0.4, -0.2) is 4.57 Å². The largest absolute Gasteiger partial charge is 0.309 e. The molecule has 0 aliphatic rings. The van der Waals surface area contributed by atoms with E-state index in [2.05, 4.69) is 168 Å². The Morgan fingerprint density at radius 1 is 0.370 bits per heavy atom. The first-order valence-corrected chi connectivity index (χ1v) is 16.6. The summed E-state index contributed by atoms with van der Waals surface area (Å²) in [4.78, 5) is 0. The van der Waals surface area contributed by atoms with E-state index in [0.29, 0.717) is 0 Å². The molecule has 0 saturated carbocycles. The quantitative estimate of drug-likeness (QED) is 0.190. The highest BCUT2D eigenvalue weighted by Crippen LogP contribution is 2.44. The minimum Gasteiger partial charge on any atom is -0.309 e. The standard InChI is InChI=1S/C44H27NS/c1-2-10-31-26-32(17-16-28(31)8-1)33-20-23-39-38(27-33)43-40(24-25-42-44(43)37-13-5-6-15-41(37)46-42)45(39)34-21-18-30(19-22-34)36-14-7-11-29-9-3-4-12-35(29)36/h1-27H. The fourth-order valence-electron chi connectivity index (χ4n) is 7.42. The summed E-state index contributed by atoms with van der Waals surface area (Å²) in [6.45, 7) is 0. The smallest absolute Gasteiger partial charge is 0.0548 e. The van der Waals surface area contributed by atoms with Crippen molar-refractivity contribution in [1.29, 1.82) is 0 Å². The van der Waals surface area contributed by atoms with Crippen LogP contribution in [0.25, 0.3) is 91.5 Å². The predicted molar refractivity (Wildman–Crippen MR) is 200 cm³/mol. The topological polar surface area (TPSA) is 4.93 Å². The van der Waals surface area contributed by atoms with E-state index in [1.54, 1.807) is 0 Å². The number of thiophene rings is 1. The van der Waals surface area contributed by atoms with Crippen LogP contribution in [0.1, 0.15) is 0 Å². The zero-order valence-corrected chi connectivity index (χ0v) is 25.8. The van der Waals surface area contributed by atoms with Gasteiger partial charge in [-0.1, -0.05) is 115 Å². The van der Waals surface area contributed by atoms with E-state index in [-0.39, 0.29) is 0 Å². The summed E-state index contributed by atoms with van der Waals surface area (Å²) in [5.41, 5.74) is 8.59. The summed E-state index contributed by atoms with van der Waals surface area (Å²) in [5.74, 6) is 0. The monoisotopic (exact) mass is 601 g/mol. The maximum absolute atomic E-state index is 2.45. The van der Waals surface area contributed by atoms with E-state index in [1.807, 2.05) is 11.3 Å². The van der Waals surface area contributed by atoms with Gasteiger partial charge in [-0.2, -0.15) is 0 Å². The van der Waals surface area contributed by atoms with E-state index in [1.165, 1.54) is 91.5 Å². The molecule has 214 valence electrons. The van der Waals surface area contributed by atoms with Crippen LogP contribution in [-0.2, 0) is 0 Å². The Labute approximate surface area is 270 Å². The Morgan fingerprint density at radius 2 is 1.04 bits per heavy atom. The third-order valence-electron chi connectivity index (χ3n) is 9.58. The van der Waals surface area contributed by atoms with Crippen molar-refractivity contribution >= 4 is 74.9 Å². The lowest BCUT2D eigenvalue weighted by Gasteiger charge is -2.11. The predicted octanol–water partition coefficient (Wildman–Crippen LogP) is 12.8. The number of rotatable bonds is 3. The molecular weight excluding hydrogens is 575 g/mol. The Bertz CT molecular complexity index is 2790. The molecular formula is C44H27NS. The molecule has 0 fully saturated rings. The molecule has 0 spiro atoms. The van der Waals surface area contributed by atoms with E-state index in [4.69, 9.17) is 0 Å². The van der Waals surface area contributed by atoms with Crippen LogP contribution in [0.3, 0.4) is 0 Å². The van der Waals surface area contributed by atoms with Gasteiger partial charge < -0.3 is 4.57 Å². The van der Waals surface area contributed by atoms with Crippen molar-refractivity contribution in [3.05, 3.63) is 164 Å². The highest BCUT2D eigenvalue weighted by atomic mass is 32.1. The van der Waals surface area contributed by atoms with Crippen LogP contribution in [0.2, 0.25) is 0 Å². The van der Waals surface area contributed by atoms with Crippen LogP contribution < -0.4 is 0 Å². The average molecular weight is 602 g/mol. The molecule has 2 heterocycles. The SMILES string of the molecule is c1ccc2cc(-c3ccc4c(c3)c3c5c(ccc3n4-c3ccc(-c4cccc6ccccc46)cc3)sc3ccccc35)ccc2c1. The van der Waals surface area contributed by atoms with E-state index < -0.39 is 0 Å². The van der Waals surface area contributed by atoms with Gasteiger partial charge in [0.05, 0.1) is 11.0 Å². The minimum absolute atomic E-state index is 1.17. The van der Waals surface area contributed by atoms with Gasteiger partial charge in [0.1, 0.15) is 0 Å². The molecule has 0 unspecified atom stereocenters. The van der Waals surface area contributed by atoms with Gasteiger partial charge in [-0.05, 0) is 92.3 Å². The van der Waals surface area contributed by atoms with Crippen molar-refractivity contribution in [1.82, 2.24) is 4.57 Å². The molecule has 0 aliphatic carbocycles. The zero-order valence-electron chi connectivity index (χ0n) is 24.9. The van der Waals surface area contributed by atoms with E-state index in [0.717, 1.165) is 0 Å². The lowest BCUT2D eigenvalue weighted by molar-refractivity contribution is 1.18. The number of hydrogen-bond acceptors (Lipinski definition) is 1. The molecule has 0 saturated heterocycles. The average Bonchev–Trinajstić information content (AvgIpc) is 3.66. The molecule has 0 aliphatic heterocycles. The van der Waals surface area contributed by atoms with Crippen molar-refractivity contribution in [3.8, 4) is 27.9 Å². The first-order valence-electron chi connectivity index (χ1n) is 15.8. The Morgan fingerprint density at radius 3 is 1.93 bits per heavy atom. The molecule has 0 radical (unpaired) electrons. The second-order valence-electron chi connectivity index (χ2n) is 12.1. The summed E-state index contributed by atoms with van der Waals surface area (Å²) in [5, 5.41) is 10.4. The van der Waals surface area contributed by atoms with Crippen molar-refractivity contribution in [3.63, 3.8) is 0 Å². The fourth-order valence-corrected chi connectivity index (χ4v) is 8.53. The van der Waals surface area contributed by atoms with Gasteiger partial charge in [-0.3, -0.25) is 0 Å². The third kappa shape index (κ3) is 3.81. The fraction of sp³-hybridized carbons (Fsp3) is 0. The molecule has 10 aromatic rings. The van der Waals surface area contributed by atoms with Gasteiger partial charge in [-0.15, -0.1) is 11.3 Å². The molecule has 0 amide bonds. The summed E-state index contributed by atoms with van der Waals surface area (Å²) in [6.07, 6.45) is 0. The number of benzene rings is 8. The molecule has 46 heavy (non-hydrogen) atoms. The summed E-state index contributed by atoms with van der Waals surface area (Å²) >= 11 is 1.88. The maximum atomic E-state index is 2.45. The Kier molecular flexibility index (Phi) is 5.51. The summed E-state index contributed by atoms with van der Waals surface area (Å²) in [6, 6.07) is 60.2. The van der Waals surface area contributed by atoms with Gasteiger partial charge in [0.15, 0.2) is 0 Å². The lowest BCUT2D eigenvalue weighted by atomic mass is 9.98. The number of hydrogen-bond donors (Lipinski definition) is 0. The van der Waals surface area contributed by atoms with E-state index in [9.17, 15) is 0 Å². The van der Waals surface area contributed by atoms with Crippen molar-refractivity contribution in [2.45, 2.75) is 0 Å². The van der Waals surface area contributed by atoms with Gasteiger partial charge in [0, 0.05) is 36.6 Å². The molecule has 1 nitrogen and oxygen atoms in total. The highest BCUT2D eigenvalue weighted by Gasteiger charge is 2.19. The van der Waals surface area contributed by atoms with E-state index >= 15 is 0 Å². The Balaban J connectivity index is 1.23. The summed E-state index contributed by atoms with van der Waals surface area (Å²) < 4.78 is 5.11. The van der Waals surface area contributed by atoms with Gasteiger partial charge >= 0.3 is 0 Å². The number of nitrogens with zero attached hydrogens (tertiary/aromatic N) is 1. The van der Waals surface area contributed by atoms with Gasteiger partial charge in [0.2, 0.25) is 0 Å². The van der Waals surface area contributed by atoms with Crippen LogP contribution in [0.5, 0.6) is 0 Å². The zero-order chi connectivity index (χ0) is 30.2. The number of fused-ring (bicyclic) bond motifs is 9. The van der Waals surface area contributed by atoms with Crippen LogP contribution in [0.15, 0.2) is 164 Å². The third-order valence-corrected chi connectivity index (χ3v) is 10.7. The second-order valence-corrected chi connectivity index (χ2v) is 13.2. The second kappa shape index (κ2) is 9.90. The van der Waals surface area contributed by atoms with Gasteiger partial charge in [-0.25, -0.2) is 0 Å². The van der Waals surface area contributed by atoms with Crippen LogP contribution in [0, 0.1) is 0 Å². The first-order chi connectivity index (χ1) is 22.8. The molecule has 2 aromatic heterocycles. The first kappa shape index (κ1) is 25.6. The van der Waals surface area contributed by atoms with Crippen LogP contribution in [0.4, 0.5) is 0 Å². The van der Waals surface area contributed by atoms with Crippen molar-refractivity contribution in [2.75, 3.05) is 0 Å². The highest BCUT2D eigenvalue weighted by molar-refractivity contribution is 7.26. The Hall–Kier alpha value is -5.70. The maximum Gasteiger partial charge on any atom is 0.0548 e. The van der Waals surface area contributed by atoms with Crippen molar-refractivity contribution in [2.24, 2.45) is 0 Å². The van der Waals surface area contributed by atoms with Gasteiger partial charge in [0.25, 0.3) is 0 Å². The molecule has 0 bridgehead atoms. The minimum atomic E-state index is 1.17. The van der Waals surface area contributed by atoms with Crippen LogP contribution >= 0.6 is 11.3 Å². The number of aromatic nitrogens is 1. The molecule has 2 heteroatoms. The molecule has 10 rings (SSSR count). The normalized spacial score (nSPS) is 11.9. The molecule has 8 aromatic carbocycles. The van der Waals surface area contributed by atoms with Crippen molar-refractivity contribution < 1.29 is 0 Å². The summed E-state index contributed by atoms with van der Waals surface area (Å²) in [7, 11) is 0.